The third-order valence-corrected chi connectivity index (χ3v) is 6.88. The van der Waals surface area contributed by atoms with Crippen molar-refractivity contribution in [3.8, 4) is 0 Å². The van der Waals surface area contributed by atoms with E-state index < -0.39 is 9.84 Å². The number of nitrogens with one attached hydrogen (secondary N) is 2. The van der Waals surface area contributed by atoms with E-state index in [2.05, 4.69) is 25.2 Å². The number of hydrogen-bond acceptors (Lipinski definition) is 6. The summed E-state index contributed by atoms with van der Waals surface area (Å²) >= 11 is 0. The molecule has 0 spiro atoms. The van der Waals surface area contributed by atoms with Crippen LogP contribution >= 0.6 is 0 Å². The van der Waals surface area contributed by atoms with E-state index in [0.29, 0.717) is 10.9 Å². The van der Waals surface area contributed by atoms with Crippen LogP contribution in [0.2, 0.25) is 0 Å². The average molecular weight is 385 g/mol. The molecule has 2 aromatic heterocycles. The van der Waals surface area contributed by atoms with Crippen molar-refractivity contribution >= 4 is 32.4 Å². The molecule has 0 amide bonds. The molecule has 1 aromatic carbocycles. The molecule has 27 heavy (non-hydrogen) atoms. The molecule has 0 aliphatic carbocycles. The molecule has 0 radical (unpaired) electrons. The van der Waals surface area contributed by atoms with Crippen LogP contribution in [-0.2, 0) is 9.84 Å². The zero-order valence-corrected chi connectivity index (χ0v) is 16.0. The number of anilines is 2. The Bertz CT molecular complexity index is 1020. The Hall–Kier alpha value is -2.61. The molecule has 1 saturated heterocycles. The number of piperidine rings is 1. The third-order valence-electron chi connectivity index (χ3n) is 5.13. The molecule has 0 unspecified atom stereocenters. The van der Waals surface area contributed by atoms with Crippen molar-refractivity contribution in [2.24, 2.45) is 0 Å². The SMILES string of the molecule is CCS(=O)(=O)c1ccc(N2CCC(Nc3ncnc4[nH]ccc34)CC2)cc1. The standard InChI is InChI=1S/C19H23N5O2S/c1-2-27(25,26)16-5-3-15(4-6-16)24-11-8-14(9-12-24)23-19-17-7-10-20-18(17)21-13-22-19/h3-7,10,13-14H,2,8-9,11-12H2,1H3,(H2,20,21,22,23). The Labute approximate surface area is 158 Å². The zero-order valence-electron chi connectivity index (χ0n) is 15.2. The largest absolute Gasteiger partial charge is 0.371 e. The van der Waals surface area contributed by atoms with Crippen LogP contribution in [0, 0.1) is 0 Å². The van der Waals surface area contributed by atoms with E-state index in [1.165, 1.54) is 0 Å². The lowest BCUT2D eigenvalue weighted by Gasteiger charge is -2.34. The number of sulfone groups is 1. The molecule has 3 heterocycles. The predicted octanol–water partition coefficient (Wildman–Crippen LogP) is 2.83. The van der Waals surface area contributed by atoms with Gasteiger partial charge in [-0.1, -0.05) is 6.92 Å². The summed E-state index contributed by atoms with van der Waals surface area (Å²) in [6.07, 6.45) is 5.42. The van der Waals surface area contributed by atoms with Gasteiger partial charge in [0, 0.05) is 31.0 Å². The summed E-state index contributed by atoms with van der Waals surface area (Å²) in [6.45, 7) is 3.50. The predicted molar refractivity (Wildman–Crippen MR) is 107 cm³/mol. The number of aromatic amines is 1. The van der Waals surface area contributed by atoms with E-state index in [9.17, 15) is 8.42 Å². The first-order valence-corrected chi connectivity index (χ1v) is 10.8. The van der Waals surface area contributed by atoms with Crippen LogP contribution in [0.5, 0.6) is 0 Å². The van der Waals surface area contributed by atoms with Crippen molar-refractivity contribution in [3.63, 3.8) is 0 Å². The molecule has 0 saturated carbocycles. The van der Waals surface area contributed by atoms with E-state index >= 15 is 0 Å². The molecule has 7 nitrogen and oxygen atoms in total. The maximum Gasteiger partial charge on any atom is 0.178 e. The zero-order chi connectivity index (χ0) is 18.9. The maximum absolute atomic E-state index is 11.9. The van der Waals surface area contributed by atoms with Crippen LogP contribution in [0.1, 0.15) is 19.8 Å². The molecular formula is C19H23N5O2S. The number of H-pyrrole nitrogens is 1. The van der Waals surface area contributed by atoms with Crippen molar-refractivity contribution < 1.29 is 8.42 Å². The molecule has 8 heteroatoms. The number of nitrogens with zero attached hydrogens (tertiary/aromatic N) is 3. The molecular weight excluding hydrogens is 362 g/mol. The van der Waals surface area contributed by atoms with E-state index in [1.807, 2.05) is 24.4 Å². The van der Waals surface area contributed by atoms with Crippen LogP contribution in [0.4, 0.5) is 11.5 Å². The van der Waals surface area contributed by atoms with E-state index in [-0.39, 0.29) is 5.75 Å². The van der Waals surface area contributed by atoms with Gasteiger partial charge >= 0.3 is 0 Å². The fourth-order valence-corrected chi connectivity index (χ4v) is 4.38. The van der Waals surface area contributed by atoms with Gasteiger partial charge in [-0.25, -0.2) is 18.4 Å². The maximum atomic E-state index is 11.9. The van der Waals surface area contributed by atoms with Gasteiger partial charge in [-0.2, -0.15) is 0 Å². The summed E-state index contributed by atoms with van der Waals surface area (Å²) in [4.78, 5) is 14.4. The van der Waals surface area contributed by atoms with Crippen LogP contribution in [-0.4, -0.2) is 48.3 Å². The lowest BCUT2D eigenvalue weighted by Crippen LogP contribution is -2.39. The third kappa shape index (κ3) is 3.62. The van der Waals surface area contributed by atoms with Gasteiger partial charge in [0.1, 0.15) is 17.8 Å². The number of rotatable bonds is 5. The summed E-state index contributed by atoms with van der Waals surface area (Å²) < 4.78 is 23.9. The molecule has 142 valence electrons. The molecule has 1 fully saturated rings. The minimum Gasteiger partial charge on any atom is -0.371 e. The monoisotopic (exact) mass is 385 g/mol. The first-order chi connectivity index (χ1) is 13.1. The van der Waals surface area contributed by atoms with Crippen molar-refractivity contribution in [1.29, 1.82) is 0 Å². The van der Waals surface area contributed by atoms with E-state index in [0.717, 1.165) is 48.5 Å². The number of aromatic nitrogens is 3. The minimum atomic E-state index is -3.15. The number of hydrogen-bond donors (Lipinski definition) is 2. The second kappa shape index (κ2) is 7.19. The summed E-state index contributed by atoms with van der Waals surface area (Å²) in [6, 6.07) is 9.57. The lowest BCUT2D eigenvalue weighted by atomic mass is 10.0. The molecule has 1 aliphatic heterocycles. The second-order valence-corrected chi connectivity index (χ2v) is 9.04. The van der Waals surface area contributed by atoms with Crippen LogP contribution in [0.15, 0.2) is 47.8 Å². The second-order valence-electron chi connectivity index (χ2n) is 6.77. The molecule has 0 bridgehead atoms. The van der Waals surface area contributed by atoms with Crippen molar-refractivity contribution in [1.82, 2.24) is 15.0 Å². The first-order valence-electron chi connectivity index (χ1n) is 9.19. The highest BCUT2D eigenvalue weighted by Gasteiger charge is 2.21. The highest BCUT2D eigenvalue weighted by Crippen LogP contribution is 2.25. The minimum absolute atomic E-state index is 0.126. The highest BCUT2D eigenvalue weighted by atomic mass is 32.2. The Kier molecular flexibility index (Phi) is 4.73. The molecule has 1 aliphatic rings. The van der Waals surface area contributed by atoms with Gasteiger partial charge in [0.25, 0.3) is 0 Å². The Morgan fingerprint density at radius 2 is 1.89 bits per heavy atom. The molecule has 4 rings (SSSR count). The molecule has 2 N–H and O–H groups in total. The number of benzene rings is 1. The van der Waals surface area contributed by atoms with Gasteiger partial charge in [-0.05, 0) is 43.2 Å². The van der Waals surface area contributed by atoms with Gasteiger partial charge < -0.3 is 15.2 Å². The fraction of sp³-hybridized carbons (Fsp3) is 0.368. The van der Waals surface area contributed by atoms with Crippen LogP contribution in [0.25, 0.3) is 11.0 Å². The normalized spacial score (nSPS) is 16.0. The summed E-state index contributed by atoms with van der Waals surface area (Å²) in [5.41, 5.74) is 1.91. The van der Waals surface area contributed by atoms with Crippen molar-refractivity contribution in [3.05, 3.63) is 42.9 Å². The van der Waals surface area contributed by atoms with Gasteiger partial charge in [-0.15, -0.1) is 0 Å². The summed E-state index contributed by atoms with van der Waals surface area (Å²) in [7, 11) is -3.15. The van der Waals surface area contributed by atoms with Crippen LogP contribution in [0.3, 0.4) is 0 Å². The highest BCUT2D eigenvalue weighted by molar-refractivity contribution is 7.91. The van der Waals surface area contributed by atoms with E-state index in [4.69, 9.17) is 0 Å². The van der Waals surface area contributed by atoms with Crippen molar-refractivity contribution in [2.45, 2.75) is 30.7 Å². The summed E-state index contributed by atoms with van der Waals surface area (Å²) in [5.74, 6) is 0.995. The van der Waals surface area contributed by atoms with Gasteiger partial charge in [0.15, 0.2) is 9.84 Å². The molecule has 3 aromatic rings. The number of fused-ring (bicyclic) bond motifs is 1. The Balaban J connectivity index is 1.40. The average Bonchev–Trinajstić information content (AvgIpc) is 3.19. The van der Waals surface area contributed by atoms with Crippen molar-refractivity contribution in [2.75, 3.05) is 29.1 Å². The van der Waals surface area contributed by atoms with Gasteiger partial charge in [-0.3, -0.25) is 0 Å². The van der Waals surface area contributed by atoms with Gasteiger partial charge in [0.05, 0.1) is 16.0 Å². The molecule has 0 atom stereocenters. The lowest BCUT2D eigenvalue weighted by molar-refractivity contribution is 0.526. The van der Waals surface area contributed by atoms with Gasteiger partial charge in [0.2, 0.25) is 0 Å². The first kappa shape index (κ1) is 17.8. The van der Waals surface area contributed by atoms with Crippen LogP contribution < -0.4 is 10.2 Å². The quantitative estimate of drug-likeness (QED) is 0.702. The smallest absolute Gasteiger partial charge is 0.178 e. The topological polar surface area (TPSA) is 91.0 Å². The Morgan fingerprint density at radius 1 is 1.15 bits per heavy atom. The Morgan fingerprint density at radius 3 is 2.59 bits per heavy atom. The van der Waals surface area contributed by atoms with E-state index in [1.54, 1.807) is 25.4 Å². The summed E-state index contributed by atoms with van der Waals surface area (Å²) in [5, 5.41) is 4.55. The fourth-order valence-electron chi connectivity index (χ4n) is 3.49.